The van der Waals surface area contributed by atoms with Gasteiger partial charge >= 0.3 is 0 Å². The number of nitrogens with one attached hydrogen (secondary N) is 2. The number of carbonyl (C=O) groups is 1. The summed E-state index contributed by atoms with van der Waals surface area (Å²) in [6.07, 6.45) is 2.03. The van der Waals surface area contributed by atoms with Gasteiger partial charge in [0.25, 0.3) is 5.56 Å². The standard InChI is InChI=1S/C19H22N4O2S/c1-3-4-10-20-17(24)11-15-13(2)22-23(18(15)25)19-21-16(12-26-19)14-8-6-5-7-9-14/h5-9,12,22H,3-4,10-11H2,1-2H3,(H,20,24). The molecule has 0 saturated heterocycles. The number of benzene rings is 1. The summed E-state index contributed by atoms with van der Waals surface area (Å²) in [5, 5.41) is 8.37. The zero-order valence-electron chi connectivity index (χ0n) is 14.9. The minimum absolute atomic E-state index is 0.0782. The van der Waals surface area contributed by atoms with Gasteiger partial charge < -0.3 is 5.32 Å². The zero-order chi connectivity index (χ0) is 18.5. The third-order valence-corrected chi connectivity index (χ3v) is 4.96. The number of hydrogen-bond donors (Lipinski definition) is 2. The van der Waals surface area contributed by atoms with Gasteiger partial charge in [-0.15, -0.1) is 11.3 Å². The Labute approximate surface area is 155 Å². The lowest BCUT2D eigenvalue weighted by molar-refractivity contribution is -0.120. The third-order valence-electron chi connectivity index (χ3n) is 4.14. The highest BCUT2D eigenvalue weighted by Crippen LogP contribution is 2.23. The van der Waals surface area contributed by atoms with E-state index in [4.69, 9.17) is 0 Å². The van der Waals surface area contributed by atoms with Crippen molar-refractivity contribution >= 4 is 17.2 Å². The first-order valence-electron chi connectivity index (χ1n) is 8.68. The molecule has 0 aliphatic rings. The lowest BCUT2D eigenvalue weighted by Gasteiger charge is -2.02. The highest BCUT2D eigenvalue weighted by atomic mass is 32.1. The van der Waals surface area contributed by atoms with Crippen LogP contribution in [0.15, 0.2) is 40.5 Å². The van der Waals surface area contributed by atoms with Crippen LogP contribution in [0.4, 0.5) is 0 Å². The van der Waals surface area contributed by atoms with Crippen LogP contribution in [0.5, 0.6) is 0 Å². The number of thiazole rings is 1. The second-order valence-electron chi connectivity index (χ2n) is 6.12. The Kier molecular flexibility index (Phi) is 5.68. The van der Waals surface area contributed by atoms with Gasteiger partial charge in [0.1, 0.15) is 0 Å². The Morgan fingerprint density at radius 1 is 1.31 bits per heavy atom. The molecule has 0 radical (unpaired) electrons. The number of hydrogen-bond acceptors (Lipinski definition) is 4. The van der Waals surface area contributed by atoms with Crippen LogP contribution >= 0.6 is 11.3 Å². The van der Waals surface area contributed by atoms with Crippen molar-refractivity contribution in [2.24, 2.45) is 0 Å². The monoisotopic (exact) mass is 370 g/mol. The predicted molar refractivity (Wildman–Crippen MR) is 104 cm³/mol. The van der Waals surface area contributed by atoms with Crippen LogP contribution in [-0.4, -0.2) is 27.2 Å². The summed E-state index contributed by atoms with van der Waals surface area (Å²) >= 11 is 1.39. The van der Waals surface area contributed by atoms with Crippen LogP contribution in [0.2, 0.25) is 0 Å². The first kappa shape index (κ1) is 18.1. The first-order valence-corrected chi connectivity index (χ1v) is 9.56. The Hall–Kier alpha value is -2.67. The molecule has 6 nitrogen and oxygen atoms in total. The molecule has 2 aromatic heterocycles. The SMILES string of the molecule is CCCCNC(=O)Cc1c(C)[nH]n(-c2nc(-c3ccccc3)cs2)c1=O. The fraction of sp³-hybridized carbons (Fsp3) is 0.316. The van der Waals surface area contributed by atoms with Crippen molar-refractivity contribution in [1.82, 2.24) is 20.1 Å². The van der Waals surface area contributed by atoms with Crippen LogP contribution in [0.25, 0.3) is 16.4 Å². The second-order valence-corrected chi connectivity index (χ2v) is 6.95. The van der Waals surface area contributed by atoms with Crippen LogP contribution < -0.4 is 10.9 Å². The van der Waals surface area contributed by atoms with Crippen molar-refractivity contribution < 1.29 is 4.79 Å². The van der Waals surface area contributed by atoms with Crippen LogP contribution in [0.3, 0.4) is 0 Å². The molecule has 1 amide bonds. The summed E-state index contributed by atoms with van der Waals surface area (Å²) in [5.41, 5.74) is 2.78. The van der Waals surface area contributed by atoms with Gasteiger partial charge in [0.2, 0.25) is 11.0 Å². The van der Waals surface area contributed by atoms with E-state index in [1.807, 2.05) is 35.7 Å². The molecule has 1 aromatic carbocycles. The lowest BCUT2D eigenvalue weighted by atomic mass is 10.2. The smallest absolute Gasteiger partial charge is 0.277 e. The summed E-state index contributed by atoms with van der Waals surface area (Å²) in [4.78, 5) is 29.3. The molecule has 0 spiro atoms. The highest BCUT2D eigenvalue weighted by Gasteiger charge is 2.17. The average molecular weight is 370 g/mol. The number of H-pyrrole nitrogens is 1. The molecule has 7 heteroatoms. The fourth-order valence-corrected chi connectivity index (χ4v) is 3.45. The second kappa shape index (κ2) is 8.14. The molecule has 2 N–H and O–H groups in total. The summed E-state index contributed by atoms with van der Waals surface area (Å²) in [6.45, 7) is 4.51. The van der Waals surface area contributed by atoms with Gasteiger partial charge in [-0.1, -0.05) is 43.7 Å². The number of amides is 1. The van der Waals surface area contributed by atoms with E-state index >= 15 is 0 Å². The fourth-order valence-electron chi connectivity index (χ4n) is 2.66. The van der Waals surface area contributed by atoms with Gasteiger partial charge in [-0.05, 0) is 13.3 Å². The van der Waals surface area contributed by atoms with E-state index < -0.39 is 0 Å². The maximum Gasteiger partial charge on any atom is 0.277 e. The molecule has 0 aliphatic carbocycles. The molecule has 26 heavy (non-hydrogen) atoms. The number of unbranched alkanes of at least 4 members (excludes halogenated alkanes) is 1. The molecule has 3 rings (SSSR count). The molecule has 0 unspecified atom stereocenters. The summed E-state index contributed by atoms with van der Waals surface area (Å²) in [5.74, 6) is -0.131. The topological polar surface area (TPSA) is 79.8 Å². The Bertz CT molecular complexity index is 940. The normalized spacial score (nSPS) is 10.8. The van der Waals surface area contributed by atoms with Gasteiger partial charge in [-0.25, -0.2) is 4.98 Å². The molecule has 0 fully saturated rings. The Balaban J connectivity index is 1.81. The van der Waals surface area contributed by atoms with Gasteiger partial charge in [-0.2, -0.15) is 4.68 Å². The van der Waals surface area contributed by atoms with Crippen LogP contribution in [0.1, 0.15) is 31.0 Å². The number of aromatic nitrogens is 3. The maximum atomic E-state index is 12.7. The number of nitrogens with zero attached hydrogens (tertiary/aromatic N) is 2. The number of carbonyl (C=O) groups excluding carboxylic acids is 1. The van der Waals surface area contributed by atoms with E-state index in [0.29, 0.717) is 22.9 Å². The summed E-state index contributed by atoms with van der Waals surface area (Å²) in [6, 6.07) is 9.82. The Morgan fingerprint density at radius 2 is 2.08 bits per heavy atom. The minimum atomic E-state index is -0.220. The summed E-state index contributed by atoms with van der Waals surface area (Å²) < 4.78 is 1.42. The van der Waals surface area contributed by atoms with Gasteiger partial charge in [-0.3, -0.25) is 14.7 Å². The highest BCUT2D eigenvalue weighted by molar-refractivity contribution is 7.12. The molecular formula is C19H22N4O2S. The van der Waals surface area contributed by atoms with Crippen molar-refractivity contribution in [2.45, 2.75) is 33.1 Å². The van der Waals surface area contributed by atoms with Crippen molar-refractivity contribution in [3.63, 3.8) is 0 Å². The molecule has 0 aliphatic heterocycles. The average Bonchev–Trinajstić information content (AvgIpc) is 3.23. The third kappa shape index (κ3) is 3.94. The van der Waals surface area contributed by atoms with Crippen LogP contribution in [-0.2, 0) is 11.2 Å². The number of aromatic amines is 1. The molecule has 0 bridgehead atoms. The van der Waals surface area contributed by atoms with E-state index in [0.717, 1.165) is 24.1 Å². The van der Waals surface area contributed by atoms with Crippen molar-refractivity contribution in [1.29, 1.82) is 0 Å². The quantitative estimate of drug-likeness (QED) is 0.627. The zero-order valence-corrected chi connectivity index (χ0v) is 15.7. The van der Waals surface area contributed by atoms with Gasteiger partial charge in [0.05, 0.1) is 12.1 Å². The van der Waals surface area contributed by atoms with Gasteiger partial charge in [0, 0.05) is 28.7 Å². The van der Waals surface area contributed by atoms with Crippen LogP contribution in [0, 0.1) is 6.92 Å². The van der Waals surface area contributed by atoms with Gasteiger partial charge in [0.15, 0.2) is 0 Å². The van der Waals surface area contributed by atoms with Crippen molar-refractivity contribution in [3.8, 4) is 16.4 Å². The molecule has 3 aromatic rings. The molecule has 0 atom stereocenters. The molecule has 136 valence electrons. The number of aryl methyl sites for hydroxylation is 1. The largest absolute Gasteiger partial charge is 0.356 e. The van der Waals surface area contributed by atoms with E-state index in [1.54, 1.807) is 6.92 Å². The minimum Gasteiger partial charge on any atom is -0.356 e. The Morgan fingerprint density at radius 3 is 2.81 bits per heavy atom. The summed E-state index contributed by atoms with van der Waals surface area (Å²) in [7, 11) is 0. The van der Waals surface area contributed by atoms with E-state index in [1.165, 1.54) is 16.0 Å². The van der Waals surface area contributed by atoms with Crippen molar-refractivity contribution in [2.75, 3.05) is 6.54 Å². The molecule has 0 saturated carbocycles. The first-order chi connectivity index (χ1) is 12.6. The van der Waals surface area contributed by atoms with E-state index in [-0.39, 0.29) is 17.9 Å². The predicted octanol–water partition coefficient (Wildman–Crippen LogP) is 3.06. The van der Waals surface area contributed by atoms with Crippen molar-refractivity contribution in [3.05, 3.63) is 57.3 Å². The maximum absolute atomic E-state index is 12.7. The molecule has 2 heterocycles. The van der Waals surface area contributed by atoms with E-state index in [2.05, 4.69) is 22.3 Å². The molecular weight excluding hydrogens is 348 g/mol. The van der Waals surface area contributed by atoms with E-state index in [9.17, 15) is 9.59 Å². The lowest BCUT2D eigenvalue weighted by Crippen LogP contribution is -2.28. The number of rotatable bonds is 7.